The molecule has 0 aromatic carbocycles. The summed E-state index contributed by atoms with van der Waals surface area (Å²) in [5.41, 5.74) is 6.30. The summed E-state index contributed by atoms with van der Waals surface area (Å²) < 4.78 is 0. The summed E-state index contributed by atoms with van der Waals surface area (Å²) >= 11 is 0. The van der Waals surface area contributed by atoms with Crippen LogP contribution in [-0.2, 0) is 0 Å². The van der Waals surface area contributed by atoms with Crippen molar-refractivity contribution in [1.82, 2.24) is 0 Å². The molecule has 0 aromatic rings. The van der Waals surface area contributed by atoms with Gasteiger partial charge < -0.3 is 5.73 Å². The lowest BCUT2D eigenvalue weighted by atomic mass is 9.83. The molecule has 1 heteroatoms. The average Bonchev–Trinajstić information content (AvgIpc) is 2.24. The van der Waals surface area contributed by atoms with Crippen LogP contribution in [0.1, 0.15) is 73.6 Å². The molecule has 0 aliphatic rings. The summed E-state index contributed by atoms with van der Waals surface area (Å²) in [5, 5.41) is 0. The lowest BCUT2D eigenvalue weighted by Gasteiger charge is -2.26. The second-order valence-electron chi connectivity index (χ2n) is 6.80. The molecule has 2 N–H and O–H groups in total. The Morgan fingerprint density at radius 1 is 0.706 bits per heavy atom. The van der Waals surface area contributed by atoms with Crippen molar-refractivity contribution in [3.05, 3.63) is 0 Å². The molecule has 0 aliphatic heterocycles. The van der Waals surface area contributed by atoms with Gasteiger partial charge in [-0.05, 0) is 36.5 Å². The summed E-state index contributed by atoms with van der Waals surface area (Å²) in [6.07, 6.45) is 6.52. The van der Waals surface area contributed by atoms with Gasteiger partial charge in [0, 0.05) is 6.04 Å². The molecular weight excluding hydrogens is 206 g/mol. The molecule has 1 nitrogen and oxygen atoms in total. The molecule has 3 unspecified atom stereocenters. The lowest BCUT2D eigenvalue weighted by molar-refractivity contribution is 0.278. The molecular formula is C16H35N. The van der Waals surface area contributed by atoms with E-state index in [1.165, 1.54) is 32.1 Å². The lowest BCUT2D eigenvalue weighted by Crippen LogP contribution is -2.32. The zero-order valence-electron chi connectivity index (χ0n) is 13.0. The van der Waals surface area contributed by atoms with Crippen LogP contribution < -0.4 is 5.73 Å². The SMILES string of the molecule is CC(C)CCCC(C)C(C)C(N)CCC(C)C. The smallest absolute Gasteiger partial charge is 0.00671 e. The third-order valence-electron chi connectivity index (χ3n) is 4.09. The van der Waals surface area contributed by atoms with Gasteiger partial charge in [0.05, 0.1) is 0 Å². The normalized spacial score (nSPS) is 17.5. The minimum Gasteiger partial charge on any atom is -0.327 e. The molecule has 104 valence electrons. The molecule has 0 rings (SSSR count). The minimum atomic E-state index is 0.395. The Morgan fingerprint density at radius 2 is 1.24 bits per heavy atom. The maximum atomic E-state index is 6.30. The first-order valence-corrected chi connectivity index (χ1v) is 7.60. The standard InChI is InChI=1S/C16H35N/c1-12(2)8-7-9-14(5)15(6)16(17)11-10-13(3)4/h12-16H,7-11,17H2,1-6H3. The van der Waals surface area contributed by atoms with Gasteiger partial charge in [0.15, 0.2) is 0 Å². The third kappa shape index (κ3) is 8.65. The fourth-order valence-electron chi connectivity index (χ4n) is 2.32. The molecule has 0 amide bonds. The Labute approximate surface area is 110 Å². The van der Waals surface area contributed by atoms with Crippen molar-refractivity contribution in [3.8, 4) is 0 Å². The predicted molar refractivity (Wildman–Crippen MR) is 79.1 cm³/mol. The highest BCUT2D eigenvalue weighted by Gasteiger charge is 2.19. The molecule has 0 heterocycles. The highest BCUT2D eigenvalue weighted by atomic mass is 14.6. The monoisotopic (exact) mass is 241 g/mol. The molecule has 0 radical (unpaired) electrons. The van der Waals surface area contributed by atoms with E-state index in [0.717, 1.165) is 17.8 Å². The molecule has 0 bridgehead atoms. The van der Waals surface area contributed by atoms with Crippen molar-refractivity contribution in [2.24, 2.45) is 29.4 Å². The van der Waals surface area contributed by atoms with E-state index in [2.05, 4.69) is 41.5 Å². The van der Waals surface area contributed by atoms with Gasteiger partial charge in [0.25, 0.3) is 0 Å². The van der Waals surface area contributed by atoms with Crippen molar-refractivity contribution in [1.29, 1.82) is 0 Å². The van der Waals surface area contributed by atoms with Crippen LogP contribution in [0.4, 0.5) is 0 Å². The fourth-order valence-corrected chi connectivity index (χ4v) is 2.32. The maximum Gasteiger partial charge on any atom is 0.00671 e. The van der Waals surface area contributed by atoms with E-state index >= 15 is 0 Å². The Kier molecular flexibility index (Phi) is 8.94. The van der Waals surface area contributed by atoms with Crippen LogP contribution in [0.5, 0.6) is 0 Å². The van der Waals surface area contributed by atoms with Gasteiger partial charge in [0.2, 0.25) is 0 Å². The largest absolute Gasteiger partial charge is 0.327 e. The number of hydrogen-bond acceptors (Lipinski definition) is 1. The zero-order valence-corrected chi connectivity index (χ0v) is 13.0. The molecule has 0 spiro atoms. The first-order valence-electron chi connectivity index (χ1n) is 7.60. The van der Waals surface area contributed by atoms with Gasteiger partial charge in [-0.15, -0.1) is 0 Å². The average molecular weight is 241 g/mol. The minimum absolute atomic E-state index is 0.395. The van der Waals surface area contributed by atoms with Gasteiger partial charge in [-0.25, -0.2) is 0 Å². The highest BCUT2D eigenvalue weighted by molar-refractivity contribution is 4.74. The van der Waals surface area contributed by atoms with E-state index < -0.39 is 0 Å². The van der Waals surface area contributed by atoms with Gasteiger partial charge in [-0.2, -0.15) is 0 Å². The highest BCUT2D eigenvalue weighted by Crippen LogP contribution is 2.24. The quantitative estimate of drug-likeness (QED) is 0.613. The van der Waals surface area contributed by atoms with Gasteiger partial charge in [-0.1, -0.05) is 60.8 Å². The van der Waals surface area contributed by atoms with Crippen LogP contribution in [0.2, 0.25) is 0 Å². The second-order valence-corrected chi connectivity index (χ2v) is 6.80. The predicted octanol–water partition coefficient (Wildman–Crippen LogP) is 4.85. The van der Waals surface area contributed by atoms with Gasteiger partial charge in [0.1, 0.15) is 0 Å². The van der Waals surface area contributed by atoms with E-state index in [1.54, 1.807) is 0 Å². The first kappa shape index (κ1) is 17.0. The fraction of sp³-hybridized carbons (Fsp3) is 1.00. The Bertz CT molecular complexity index is 174. The van der Waals surface area contributed by atoms with Crippen molar-refractivity contribution in [2.45, 2.75) is 79.7 Å². The summed E-state index contributed by atoms with van der Waals surface area (Å²) in [7, 11) is 0. The topological polar surface area (TPSA) is 26.0 Å². The van der Waals surface area contributed by atoms with Crippen LogP contribution in [0.25, 0.3) is 0 Å². The van der Waals surface area contributed by atoms with Crippen molar-refractivity contribution >= 4 is 0 Å². The molecule has 0 fully saturated rings. The number of hydrogen-bond donors (Lipinski definition) is 1. The van der Waals surface area contributed by atoms with E-state index in [-0.39, 0.29) is 0 Å². The molecule has 0 saturated heterocycles. The van der Waals surface area contributed by atoms with Crippen molar-refractivity contribution in [2.75, 3.05) is 0 Å². The molecule has 0 aliphatic carbocycles. The van der Waals surface area contributed by atoms with Gasteiger partial charge >= 0.3 is 0 Å². The molecule has 0 saturated carbocycles. The second kappa shape index (κ2) is 8.97. The third-order valence-corrected chi connectivity index (χ3v) is 4.09. The van der Waals surface area contributed by atoms with Crippen molar-refractivity contribution < 1.29 is 0 Å². The number of rotatable bonds is 9. The van der Waals surface area contributed by atoms with E-state index in [0.29, 0.717) is 12.0 Å². The van der Waals surface area contributed by atoms with Crippen LogP contribution in [0.3, 0.4) is 0 Å². The molecule has 0 aromatic heterocycles. The van der Waals surface area contributed by atoms with E-state index in [1.807, 2.05) is 0 Å². The van der Waals surface area contributed by atoms with Crippen LogP contribution >= 0.6 is 0 Å². The number of nitrogens with two attached hydrogens (primary N) is 1. The Morgan fingerprint density at radius 3 is 1.71 bits per heavy atom. The summed E-state index contributed by atoms with van der Waals surface area (Å²) in [6.45, 7) is 13.9. The Balaban J connectivity index is 3.81. The Hall–Kier alpha value is -0.0400. The summed E-state index contributed by atoms with van der Waals surface area (Å²) in [6, 6.07) is 0.395. The zero-order chi connectivity index (χ0) is 13.4. The van der Waals surface area contributed by atoms with Gasteiger partial charge in [-0.3, -0.25) is 0 Å². The summed E-state index contributed by atoms with van der Waals surface area (Å²) in [5.74, 6) is 3.06. The van der Waals surface area contributed by atoms with Crippen LogP contribution in [-0.4, -0.2) is 6.04 Å². The molecule has 17 heavy (non-hydrogen) atoms. The van der Waals surface area contributed by atoms with E-state index in [4.69, 9.17) is 5.73 Å². The summed E-state index contributed by atoms with van der Waals surface area (Å²) in [4.78, 5) is 0. The van der Waals surface area contributed by atoms with E-state index in [9.17, 15) is 0 Å². The molecule has 3 atom stereocenters. The first-order chi connectivity index (χ1) is 7.84. The van der Waals surface area contributed by atoms with Crippen molar-refractivity contribution in [3.63, 3.8) is 0 Å². The van der Waals surface area contributed by atoms with Crippen LogP contribution in [0, 0.1) is 23.7 Å². The van der Waals surface area contributed by atoms with Crippen LogP contribution in [0.15, 0.2) is 0 Å². The maximum absolute atomic E-state index is 6.30.